The number of thiophene rings is 1. The van der Waals surface area contributed by atoms with E-state index in [2.05, 4.69) is 21.0 Å². The minimum absolute atomic E-state index is 0.636. The van der Waals surface area contributed by atoms with Crippen LogP contribution in [0.2, 0.25) is 0 Å². The second kappa shape index (κ2) is 4.59. The molecule has 0 radical (unpaired) electrons. The van der Waals surface area contributed by atoms with Gasteiger partial charge in [0.25, 0.3) is 0 Å². The molecule has 0 bridgehead atoms. The third-order valence-electron chi connectivity index (χ3n) is 2.56. The van der Waals surface area contributed by atoms with Gasteiger partial charge in [-0.1, -0.05) is 28.1 Å². The number of nitrogens with zero attached hydrogens (tertiary/aromatic N) is 2. The smallest absolute Gasteiger partial charge is 0.127 e. The minimum Gasteiger partial charge on any atom is -0.384 e. The summed E-state index contributed by atoms with van der Waals surface area (Å²) < 4.78 is 2.76. The van der Waals surface area contributed by atoms with Gasteiger partial charge in [0.1, 0.15) is 11.5 Å². The van der Waals surface area contributed by atoms with Crippen LogP contribution in [-0.4, -0.2) is 9.78 Å². The van der Waals surface area contributed by atoms with E-state index in [0.29, 0.717) is 5.82 Å². The summed E-state index contributed by atoms with van der Waals surface area (Å²) in [6.07, 6.45) is 0. The summed E-state index contributed by atoms with van der Waals surface area (Å²) in [6, 6.07) is 13.8. The third-order valence-corrected chi connectivity index (χ3v) is 3.95. The van der Waals surface area contributed by atoms with Crippen LogP contribution in [0.25, 0.3) is 16.3 Å². The molecule has 0 aliphatic carbocycles. The number of hydrogen-bond donors (Lipinski definition) is 1. The standard InChI is InChI=1S/C13H10BrN3S/c14-9-3-1-4-10(7-9)17-13(15)8-11(16-17)12-5-2-6-18-12/h1-8H,15H2. The second-order valence-corrected chi connectivity index (χ2v) is 5.69. The normalized spacial score (nSPS) is 10.7. The first-order valence-electron chi connectivity index (χ1n) is 5.39. The molecular formula is C13H10BrN3S. The van der Waals surface area contributed by atoms with E-state index in [1.165, 1.54) is 0 Å². The maximum absolute atomic E-state index is 6.02. The van der Waals surface area contributed by atoms with Gasteiger partial charge in [-0.3, -0.25) is 0 Å². The maximum Gasteiger partial charge on any atom is 0.127 e. The molecule has 0 aliphatic heterocycles. The van der Waals surface area contributed by atoms with E-state index in [4.69, 9.17) is 5.73 Å². The fourth-order valence-electron chi connectivity index (χ4n) is 1.75. The Kier molecular flexibility index (Phi) is 2.93. The highest BCUT2D eigenvalue weighted by molar-refractivity contribution is 9.10. The number of nitrogens with two attached hydrogens (primary N) is 1. The van der Waals surface area contributed by atoms with Crippen LogP contribution >= 0.6 is 27.3 Å². The van der Waals surface area contributed by atoms with Crippen molar-refractivity contribution in [3.8, 4) is 16.3 Å². The van der Waals surface area contributed by atoms with Gasteiger partial charge in [-0.2, -0.15) is 5.10 Å². The molecule has 0 spiro atoms. The Morgan fingerprint density at radius 1 is 1.17 bits per heavy atom. The van der Waals surface area contributed by atoms with Gasteiger partial charge in [-0.25, -0.2) is 4.68 Å². The number of benzene rings is 1. The van der Waals surface area contributed by atoms with Crippen molar-refractivity contribution >= 4 is 33.1 Å². The van der Waals surface area contributed by atoms with Crippen LogP contribution in [0.5, 0.6) is 0 Å². The number of nitrogen functional groups attached to an aromatic ring is 1. The molecule has 0 saturated carbocycles. The fourth-order valence-corrected chi connectivity index (χ4v) is 2.82. The van der Waals surface area contributed by atoms with E-state index >= 15 is 0 Å². The zero-order valence-electron chi connectivity index (χ0n) is 9.38. The highest BCUT2D eigenvalue weighted by Crippen LogP contribution is 2.27. The van der Waals surface area contributed by atoms with Crippen molar-refractivity contribution in [2.45, 2.75) is 0 Å². The lowest BCUT2D eigenvalue weighted by Gasteiger charge is -2.03. The molecule has 0 atom stereocenters. The molecule has 90 valence electrons. The molecule has 3 aromatic rings. The van der Waals surface area contributed by atoms with Crippen molar-refractivity contribution in [2.75, 3.05) is 5.73 Å². The van der Waals surface area contributed by atoms with Crippen LogP contribution in [-0.2, 0) is 0 Å². The van der Waals surface area contributed by atoms with Crippen molar-refractivity contribution in [3.63, 3.8) is 0 Å². The van der Waals surface area contributed by atoms with Crippen molar-refractivity contribution < 1.29 is 0 Å². The predicted octanol–water partition coefficient (Wildman–Crippen LogP) is 3.95. The Morgan fingerprint density at radius 2 is 2.06 bits per heavy atom. The van der Waals surface area contributed by atoms with Gasteiger partial charge < -0.3 is 5.73 Å². The lowest BCUT2D eigenvalue weighted by molar-refractivity contribution is 0.895. The number of anilines is 1. The van der Waals surface area contributed by atoms with Gasteiger partial charge in [0.05, 0.1) is 10.6 Å². The maximum atomic E-state index is 6.02. The quantitative estimate of drug-likeness (QED) is 0.777. The molecule has 18 heavy (non-hydrogen) atoms. The number of rotatable bonds is 2. The Morgan fingerprint density at radius 3 is 2.78 bits per heavy atom. The van der Waals surface area contributed by atoms with Crippen LogP contribution in [0.15, 0.2) is 52.3 Å². The molecule has 2 N–H and O–H groups in total. The molecule has 0 aliphatic rings. The van der Waals surface area contributed by atoms with Crippen LogP contribution in [0.3, 0.4) is 0 Å². The van der Waals surface area contributed by atoms with Gasteiger partial charge in [0.2, 0.25) is 0 Å². The average molecular weight is 320 g/mol. The van der Waals surface area contributed by atoms with Crippen LogP contribution in [0, 0.1) is 0 Å². The van der Waals surface area contributed by atoms with Gasteiger partial charge in [0.15, 0.2) is 0 Å². The second-order valence-electron chi connectivity index (χ2n) is 3.82. The summed E-state index contributed by atoms with van der Waals surface area (Å²) in [6.45, 7) is 0. The molecule has 2 aromatic heterocycles. The Hall–Kier alpha value is -1.59. The zero-order chi connectivity index (χ0) is 12.5. The molecule has 2 heterocycles. The van der Waals surface area contributed by atoms with Crippen LogP contribution in [0.1, 0.15) is 0 Å². The van der Waals surface area contributed by atoms with Gasteiger partial charge in [0, 0.05) is 10.5 Å². The van der Waals surface area contributed by atoms with Gasteiger partial charge >= 0.3 is 0 Å². The highest BCUT2D eigenvalue weighted by atomic mass is 79.9. The Labute approximate surface area is 117 Å². The molecule has 0 unspecified atom stereocenters. The Balaban J connectivity index is 2.09. The predicted molar refractivity (Wildman–Crippen MR) is 79.0 cm³/mol. The van der Waals surface area contributed by atoms with E-state index < -0.39 is 0 Å². The lowest BCUT2D eigenvalue weighted by Crippen LogP contribution is -2.01. The van der Waals surface area contributed by atoms with Crippen molar-refractivity contribution in [1.29, 1.82) is 0 Å². The van der Waals surface area contributed by atoms with Crippen LogP contribution < -0.4 is 5.73 Å². The summed E-state index contributed by atoms with van der Waals surface area (Å²) in [4.78, 5) is 1.12. The van der Waals surface area contributed by atoms with Crippen molar-refractivity contribution in [2.24, 2.45) is 0 Å². The third kappa shape index (κ3) is 2.07. The minimum atomic E-state index is 0.636. The SMILES string of the molecule is Nc1cc(-c2cccs2)nn1-c1cccc(Br)c1. The molecule has 3 rings (SSSR count). The molecule has 3 nitrogen and oxygen atoms in total. The summed E-state index contributed by atoms with van der Waals surface area (Å²) >= 11 is 5.11. The highest BCUT2D eigenvalue weighted by Gasteiger charge is 2.09. The van der Waals surface area contributed by atoms with Crippen molar-refractivity contribution in [1.82, 2.24) is 9.78 Å². The monoisotopic (exact) mass is 319 g/mol. The lowest BCUT2D eigenvalue weighted by atomic mass is 10.3. The molecular weight excluding hydrogens is 310 g/mol. The summed E-state index contributed by atoms with van der Waals surface area (Å²) in [5, 5.41) is 6.58. The van der Waals surface area contributed by atoms with E-state index in [1.807, 2.05) is 47.8 Å². The molecule has 1 aromatic carbocycles. The van der Waals surface area contributed by atoms with E-state index in [1.54, 1.807) is 16.0 Å². The summed E-state index contributed by atoms with van der Waals surface area (Å²) in [5.74, 6) is 0.636. The van der Waals surface area contributed by atoms with Crippen LogP contribution in [0.4, 0.5) is 5.82 Å². The van der Waals surface area contributed by atoms with Crippen molar-refractivity contribution in [3.05, 3.63) is 52.3 Å². The molecule has 0 fully saturated rings. The van der Waals surface area contributed by atoms with E-state index in [9.17, 15) is 0 Å². The van der Waals surface area contributed by atoms with Gasteiger partial charge in [-0.05, 0) is 29.6 Å². The van der Waals surface area contributed by atoms with Gasteiger partial charge in [-0.15, -0.1) is 11.3 Å². The summed E-state index contributed by atoms with van der Waals surface area (Å²) in [5.41, 5.74) is 7.87. The average Bonchev–Trinajstić information content (AvgIpc) is 2.97. The number of halogens is 1. The molecule has 5 heteroatoms. The fraction of sp³-hybridized carbons (Fsp3) is 0. The van der Waals surface area contributed by atoms with E-state index in [-0.39, 0.29) is 0 Å². The molecule has 0 amide bonds. The first kappa shape index (κ1) is 11.5. The van der Waals surface area contributed by atoms with E-state index in [0.717, 1.165) is 20.7 Å². The first-order valence-corrected chi connectivity index (χ1v) is 7.07. The summed E-state index contributed by atoms with van der Waals surface area (Å²) in [7, 11) is 0. The largest absolute Gasteiger partial charge is 0.384 e. The number of hydrogen-bond acceptors (Lipinski definition) is 3. The zero-order valence-corrected chi connectivity index (χ0v) is 11.8. The topological polar surface area (TPSA) is 43.8 Å². The first-order chi connectivity index (χ1) is 8.74. The number of aromatic nitrogens is 2. The molecule has 0 saturated heterocycles. The Bertz CT molecular complexity index is 673.